The first-order chi connectivity index (χ1) is 5.70. The number of nitrogens with two attached hydrogens (primary N) is 1. The van der Waals surface area contributed by atoms with Crippen LogP contribution in [-0.2, 0) is 39.3 Å². The molecule has 0 aliphatic carbocycles. The summed E-state index contributed by atoms with van der Waals surface area (Å²) in [7, 11) is 0. The molecule has 1 aliphatic rings. The van der Waals surface area contributed by atoms with Crippen LogP contribution in [0.3, 0.4) is 0 Å². The zero-order valence-corrected chi connectivity index (χ0v) is 10.7. The Morgan fingerprint density at radius 2 is 2.15 bits per heavy atom. The minimum Gasteiger partial charge on any atom is -0.408 e. The van der Waals surface area contributed by atoms with E-state index in [-0.39, 0.29) is 32.7 Å². The predicted molar refractivity (Wildman–Crippen MR) is 50.6 cm³/mol. The number of benzene rings is 1. The van der Waals surface area contributed by atoms with E-state index in [1.807, 2.05) is 13.8 Å². The normalized spacial score (nSPS) is 12.5. The molecule has 1 aliphatic heterocycles. The largest absolute Gasteiger partial charge is 3.00 e. The van der Waals surface area contributed by atoms with Crippen LogP contribution in [0, 0.1) is 13.8 Å². The second-order valence-electron chi connectivity index (χ2n) is 3.19. The smallest absolute Gasteiger partial charge is 0.408 e. The molecule has 3 heteroatoms. The SMILES string of the molecule is Cc1cc2c(c(C)c1N)[C-]=NC2.[Y+3]. The molecule has 0 aromatic heterocycles. The number of fused-ring (bicyclic) bond motifs is 1. The Morgan fingerprint density at radius 3 is 2.85 bits per heavy atom. The van der Waals surface area contributed by atoms with Crippen molar-refractivity contribution in [2.75, 3.05) is 5.73 Å². The Bertz CT molecular complexity index is 370. The van der Waals surface area contributed by atoms with Gasteiger partial charge in [-0.2, -0.15) is 5.56 Å². The van der Waals surface area contributed by atoms with Gasteiger partial charge >= 0.3 is 32.7 Å². The van der Waals surface area contributed by atoms with Gasteiger partial charge in [0.05, 0.1) is 0 Å². The number of aryl methyl sites for hydroxylation is 1. The van der Waals surface area contributed by atoms with Crippen molar-refractivity contribution in [3.05, 3.63) is 28.3 Å². The minimum absolute atomic E-state index is 0. The van der Waals surface area contributed by atoms with E-state index in [2.05, 4.69) is 17.3 Å². The van der Waals surface area contributed by atoms with Crippen molar-refractivity contribution in [1.82, 2.24) is 0 Å². The summed E-state index contributed by atoms with van der Waals surface area (Å²) in [6.45, 7) is 4.81. The predicted octanol–water partition coefficient (Wildman–Crippen LogP) is 1.69. The molecule has 0 unspecified atom stereocenters. The molecule has 0 saturated carbocycles. The Morgan fingerprint density at radius 1 is 1.46 bits per heavy atom. The van der Waals surface area contributed by atoms with Gasteiger partial charge in [-0.3, -0.25) is 0 Å². The van der Waals surface area contributed by atoms with Gasteiger partial charge in [0.1, 0.15) is 0 Å². The van der Waals surface area contributed by atoms with Crippen LogP contribution in [0.2, 0.25) is 0 Å². The molecule has 2 rings (SSSR count). The van der Waals surface area contributed by atoms with Gasteiger partial charge in [-0.25, -0.2) is 0 Å². The third kappa shape index (κ3) is 1.70. The van der Waals surface area contributed by atoms with Crippen LogP contribution in [0.4, 0.5) is 5.69 Å². The fourth-order valence-corrected chi connectivity index (χ4v) is 1.57. The molecule has 0 atom stereocenters. The van der Waals surface area contributed by atoms with Crippen molar-refractivity contribution in [2.45, 2.75) is 20.4 Å². The molecule has 2 nitrogen and oxygen atoms in total. The third-order valence-corrected chi connectivity index (χ3v) is 2.36. The zero-order chi connectivity index (χ0) is 8.72. The Kier molecular flexibility index (Phi) is 3.25. The molecule has 13 heavy (non-hydrogen) atoms. The first-order valence-electron chi connectivity index (χ1n) is 4.01. The summed E-state index contributed by atoms with van der Waals surface area (Å²) < 4.78 is 0. The molecule has 1 heterocycles. The van der Waals surface area contributed by atoms with Crippen LogP contribution < -0.4 is 5.73 Å². The van der Waals surface area contributed by atoms with Crippen molar-refractivity contribution >= 4 is 11.9 Å². The summed E-state index contributed by atoms with van der Waals surface area (Å²) in [6, 6.07) is 2.10. The first-order valence-corrected chi connectivity index (χ1v) is 4.01. The summed E-state index contributed by atoms with van der Waals surface area (Å²) in [5.74, 6) is 0. The van der Waals surface area contributed by atoms with Crippen molar-refractivity contribution in [2.24, 2.45) is 4.99 Å². The first kappa shape index (κ1) is 10.9. The monoisotopic (exact) mass is 248 g/mol. The second-order valence-corrected chi connectivity index (χ2v) is 3.19. The molecule has 1 aromatic carbocycles. The topological polar surface area (TPSA) is 38.4 Å². The Hall–Kier alpha value is -0.206. The van der Waals surface area contributed by atoms with E-state index >= 15 is 0 Å². The van der Waals surface area contributed by atoms with Crippen molar-refractivity contribution in [3.63, 3.8) is 0 Å². The van der Waals surface area contributed by atoms with E-state index in [9.17, 15) is 0 Å². The van der Waals surface area contributed by atoms with Gasteiger partial charge in [-0.15, -0.1) is 17.2 Å². The van der Waals surface area contributed by atoms with Gasteiger partial charge in [0, 0.05) is 6.54 Å². The van der Waals surface area contributed by atoms with Gasteiger partial charge in [0.25, 0.3) is 0 Å². The van der Waals surface area contributed by atoms with E-state index < -0.39 is 0 Å². The van der Waals surface area contributed by atoms with Gasteiger partial charge < -0.3 is 10.7 Å². The molecule has 0 amide bonds. The number of aliphatic imine (C=N–C) groups is 1. The molecule has 0 spiro atoms. The van der Waals surface area contributed by atoms with Crippen LogP contribution in [0.5, 0.6) is 0 Å². The summed E-state index contributed by atoms with van der Waals surface area (Å²) in [4.78, 5) is 4.09. The van der Waals surface area contributed by atoms with Crippen molar-refractivity contribution in [3.8, 4) is 0 Å². The van der Waals surface area contributed by atoms with Crippen LogP contribution in [0.25, 0.3) is 0 Å². The fourth-order valence-electron chi connectivity index (χ4n) is 1.57. The zero-order valence-electron chi connectivity index (χ0n) is 7.89. The quantitative estimate of drug-likeness (QED) is 0.550. The minimum atomic E-state index is 0. The molecule has 0 saturated heterocycles. The van der Waals surface area contributed by atoms with E-state index in [1.165, 1.54) is 5.56 Å². The molecule has 0 radical (unpaired) electrons. The molecular weight excluding hydrogens is 237 g/mol. The number of rotatable bonds is 0. The van der Waals surface area contributed by atoms with Crippen LogP contribution >= 0.6 is 0 Å². The number of hydrogen-bond acceptors (Lipinski definition) is 2. The Labute approximate surface area is 104 Å². The molecule has 2 N–H and O–H groups in total. The van der Waals surface area contributed by atoms with Crippen molar-refractivity contribution < 1.29 is 32.7 Å². The van der Waals surface area contributed by atoms with Gasteiger partial charge in [0.15, 0.2) is 0 Å². The van der Waals surface area contributed by atoms with Gasteiger partial charge in [-0.05, 0) is 12.6 Å². The number of anilines is 1. The van der Waals surface area contributed by atoms with E-state index in [4.69, 9.17) is 5.73 Å². The second kappa shape index (κ2) is 3.89. The summed E-state index contributed by atoms with van der Waals surface area (Å²) in [5, 5.41) is 0. The van der Waals surface area contributed by atoms with E-state index in [0.29, 0.717) is 0 Å². The fraction of sp³-hybridized carbons (Fsp3) is 0.300. The summed E-state index contributed by atoms with van der Waals surface area (Å²) in [5.41, 5.74) is 11.4. The molecular formula is C10H11N2Y+2. The Balaban J connectivity index is 0.000000845. The van der Waals surface area contributed by atoms with Crippen molar-refractivity contribution in [1.29, 1.82) is 0 Å². The van der Waals surface area contributed by atoms with Crippen LogP contribution in [-0.4, -0.2) is 6.21 Å². The maximum absolute atomic E-state index is 5.87. The average molecular weight is 248 g/mol. The number of hydrogen-bond donors (Lipinski definition) is 1. The molecule has 1 aromatic rings. The van der Waals surface area contributed by atoms with E-state index in [0.717, 1.165) is 28.9 Å². The third-order valence-electron chi connectivity index (χ3n) is 2.36. The average Bonchev–Trinajstić information content (AvgIpc) is 2.48. The molecule has 62 valence electrons. The number of nitrogen functional groups attached to an aromatic ring is 1. The van der Waals surface area contributed by atoms with Crippen LogP contribution in [0.1, 0.15) is 22.3 Å². The molecule has 0 fully saturated rings. The molecule has 0 bridgehead atoms. The van der Waals surface area contributed by atoms with Crippen LogP contribution in [0.15, 0.2) is 11.1 Å². The maximum Gasteiger partial charge on any atom is 3.00 e. The summed E-state index contributed by atoms with van der Waals surface area (Å²) >= 11 is 0. The van der Waals surface area contributed by atoms with E-state index in [1.54, 1.807) is 0 Å². The maximum atomic E-state index is 5.87. The summed E-state index contributed by atoms with van der Waals surface area (Å²) in [6.07, 6.45) is 2.98. The number of nitrogens with zero attached hydrogens (tertiary/aromatic N) is 1. The van der Waals surface area contributed by atoms with Gasteiger partial charge in [-0.1, -0.05) is 18.7 Å². The van der Waals surface area contributed by atoms with Gasteiger partial charge in [0.2, 0.25) is 0 Å². The standard InChI is InChI=1S/C10H11N2.Y/c1-6-3-8-4-12-5-9(8)7(2)10(6)11;/h3H,4,11H2,1-2H3;/q-1;+3.